The third-order valence-corrected chi connectivity index (χ3v) is 6.12. The lowest BCUT2D eigenvalue weighted by atomic mass is 10.1. The van der Waals surface area contributed by atoms with Crippen molar-refractivity contribution in [1.29, 1.82) is 0 Å². The average Bonchev–Trinajstić information content (AvgIpc) is 3.16. The zero-order valence-corrected chi connectivity index (χ0v) is 18.1. The van der Waals surface area contributed by atoms with E-state index in [1.165, 1.54) is 4.90 Å². The van der Waals surface area contributed by atoms with Gasteiger partial charge in [-0.15, -0.1) is 0 Å². The summed E-state index contributed by atoms with van der Waals surface area (Å²) in [5, 5.41) is 0. The number of nitrogens with zero attached hydrogens (tertiary/aromatic N) is 3. The Hall–Kier alpha value is -2.96. The van der Waals surface area contributed by atoms with Gasteiger partial charge in [0.1, 0.15) is 5.82 Å². The smallest absolute Gasteiger partial charge is 0.329 e. The number of carbonyl (C=O) groups is 2. The number of likely N-dealkylation sites (tertiary alicyclic amines) is 1. The van der Waals surface area contributed by atoms with Crippen LogP contribution in [-0.2, 0) is 17.5 Å². The predicted molar refractivity (Wildman–Crippen MR) is 112 cm³/mol. The quantitative estimate of drug-likeness (QED) is 0.657. The number of hydrogen-bond acceptors (Lipinski definition) is 4. The summed E-state index contributed by atoms with van der Waals surface area (Å²) >= 11 is 0. The van der Waals surface area contributed by atoms with Crippen molar-refractivity contribution in [1.82, 2.24) is 14.7 Å². The number of hydrogen-bond donors (Lipinski definition) is 0. The van der Waals surface area contributed by atoms with E-state index in [0.29, 0.717) is 25.2 Å². The Labute approximate surface area is 189 Å². The summed E-state index contributed by atoms with van der Waals surface area (Å²) in [6, 6.07) is 11.8. The van der Waals surface area contributed by atoms with Gasteiger partial charge in [-0.1, -0.05) is 12.1 Å². The van der Waals surface area contributed by atoms with E-state index in [4.69, 9.17) is 0 Å². The molecule has 5 nitrogen and oxygen atoms in total. The largest absolute Gasteiger partial charge is 0.419 e. The third kappa shape index (κ3) is 5.18. The van der Waals surface area contributed by atoms with Gasteiger partial charge in [-0.25, -0.2) is 4.39 Å². The molecule has 0 saturated carbocycles. The number of aryl methyl sites for hydroxylation is 1. The molecule has 1 atom stereocenters. The first-order valence-corrected chi connectivity index (χ1v) is 10.7. The normalized spacial score (nSPS) is 20.2. The standard InChI is InChI=1S/C24H23F4N3O2/c1-16-2-4-17(5-3-16)13-29-8-10-30(11-9-29)21-14-31(15-22(21)32)23(33)18-6-7-19(20(25)12-18)24(26,27)28/h2,4,6-7,12,21H,8-11,13-15H2,1H3/t21-/m1/s1. The van der Waals surface area contributed by atoms with Crippen LogP contribution in [0.3, 0.4) is 0 Å². The summed E-state index contributed by atoms with van der Waals surface area (Å²) in [4.78, 5) is 30.9. The zero-order valence-electron chi connectivity index (χ0n) is 18.1. The third-order valence-electron chi connectivity index (χ3n) is 6.12. The van der Waals surface area contributed by atoms with E-state index in [1.54, 1.807) is 0 Å². The van der Waals surface area contributed by atoms with Crippen LogP contribution in [0.25, 0.3) is 0 Å². The molecule has 2 fully saturated rings. The second-order valence-corrected chi connectivity index (χ2v) is 8.46. The molecule has 174 valence electrons. The van der Waals surface area contributed by atoms with Gasteiger partial charge >= 0.3 is 6.18 Å². The summed E-state index contributed by atoms with van der Waals surface area (Å²) < 4.78 is 52.2. The van der Waals surface area contributed by atoms with Crippen molar-refractivity contribution in [2.75, 3.05) is 39.3 Å². The minimum absolute atomic E-state index is 0.120. The van der Waals surface area contributed by atoms with E-state index in [-0.39, 0.29) is 24.4 Å². The molecule has 0 aliphatic carbocycles. The number of halogens is 4. The number of carbonyl (C=O) groups excluding carboxylic acids is 2. The van der Waals surface area contributed by atoms with Crippen molar-refractivity contribution in [3.63, 3.8) is 0 Å². The molecule has 2 aliphatic rings. The van der Waals surface area contributed by atoms with Gasteiger partial charge in [0.05, 0.1) is 18.2 Å². The lowest BCUT2D eigenvalue weighted by Crippen LogP contribution is -2.52. The van der Waals surface area contributed by atoms with E-state index < -0.39 is 29.5 Å². The highest BCUT2D eigenvalue weighted by Gasteiger charge is 2.39. The zero-order chi connectivity index (χ0) is 23.8. The highest BCUT2D eigenvalue weighted by molar-refractivity contribution is 6.00. The van der Waals surface area contributed by atoms with Crippen molar-refractivity contribution < 1.29 is 27.2 Å². The number of ketones is 1. The lowest BCUT2D eigenvalue weighted by Gasteiger charge is -2.37. The van der Waals surface area contributed by atoms with Gasteiger partial charge in [0.25, 0.3) is 5.91 Å². The molecule has 0 spiro atoms. The molecule has 4 rings (SSSR count). The Kier molecular flexibility index (Phi) is 6.41. The summed E-state index contributed by atoms with van der Waals surface area (Å²) in [5.41, 5.74) is 0.450. The molecule has 2 aromatic carbocycles. The lowest BCUT2D eigenvalue weighted by molar-refractivity contribution is -0.140. The van der Waals surface area contributed by atoms with Gasteiger partial charge in [-0.3, -0.25) is 19.4 Å². The molecule has 1 amide bonds. The fourth-order valence-electron chi connectivity index (χ4n) is 4.26. The average molecular weight is 461 g/mol. The van der Waals surface area contributed by atoms with Crippen LogP contribution >= 0.6 is 0 Å². The monoisotopic (exact) mass is 461 g/mol. The molecular formula is C24H23F4N3O2. The van der Waals surface area contributed by atoms with Gasteiger partial charge in [-0.2, -0.15) is 13.2 Å². The Morgan fingerprint density at radius 2 is 1.82 bits per heavy atom. The fourth-order valence-corrected chi connectivity index (χ4v) is 4.26. The van der Waals surface area contributed by atoms with Crippen LogP contribution in [0.4, 0.5) is 17.6 Å². The molecule has 33 heavy (non-hydrogen) atoms. The Bertz CT molecular complexity index is 1030. The molecular weight excluding hydrogens is 438 g/mol. The van der Waals surface area contributed by atoms with Crippen molar-refractivity contribution in [2.45, 2.75) is 25.7 Å². The SMILES string of the molecule is Cc1c#cc(CN2CCN([C@@H]3CN(C(=O)c4ccc(C(F)(F)F)c(F)c4)CC3=O)CC2)cc1. The number of piperazine rings is 1. The molecule has 9 heteroatoms. The maximum atomic E-state index is 13.9. The minimum atomic E-state index is -4.84. The highest BCUT2D eigenvalue weighted by Crippen LogP contribution is 2.32. The van der Waals surface area contributed by atoms with E-state index in [1.807, 2.05) is 24.0 Å². The molecule has 2 saturated heterocycles. The van der Waals surface area contributed by atoms with Crippen LogP contribution < -0.4 is 0 Å². The summed E-state index contributed by atoms with van der Waals surface area (Å²) in [5.74, 6) is -2.27. The van der Waals surface area contributed by atoms with Crippen molar-refractivity contribution >= 4 is 11.7 Å². The number of benzene rings is 1. The maximum Gasteiger partial charge on any atom is 0.419 e. The van der Waals surface area contributed by atoms with Crippen LogP contribution in [0.5, 0.6) is 0 Å². The molecule has 2 aliphatic heterocycles. The van der Waals surface area contributed by atoms with E-state index in [9.17, 15) is 27.2 Å². The second kappa shape index (κ2) is 9.12. The Morgan fingerprint density at radius 3 is 2.42 bits per heavy atom. The number of alkyl halides is 3. The minimum Gasteiger partial charge on any atom is -0.329 e. The van der Waals surface area contributed by atoms with Gasteiger partial charge in [-0.05, 0) is 42.8 Å². The molecule has 0 N–H and O–H groups in total. The van der Waals surface area contributed by atoms with Crippen LogP contribution in [0, 0.1) is 24.9 Å². The fraction of sp³-hybridized carbons (Fsp3) is 0.417. The Morgan fingerprint density at radius 1 is 1.09 bits per heavy atom. The second-order valence-electron chi connectivity index (χ2n) is 8.46. The van der Waals surface area contributed by atoms with Crippen LogP contribution in [0.2, 0.25) is 0 Å². The van der Waals surface area contributed by atoms with Crippen molar-refractivity contribution in [2.24, 2.45) is 0 Å². The topological polar surface area (TPSA) is 43.9 Å². The first kappa shape index (κ1) is 23.2. The summed E-state index contributed by atoms with van der Waals surface area (Å²) in [6.45, 7) is 5.52. The first-order valence-electron chi connectivity index (χ1n) is 10.7. The molecule has 0 aromatic heterocycles. The first-order chi connectivity index (χ1) is 15.6. The van der Waals surface area contributed by atoms with E-state index in [0.717, 1.165) is 36.8 Å². The van der Waals surface area contributed by atoms with Crippen LogP contribution in [-0.4, -0.2) is 71.7 Å². The highest BCUT2D eigenvalue weighted by atomic mass is 19.4. The molecule has 2 heterocycles. The van der Waals surface area contributed by atoms with Crippen molar-refractivity contribution in [3.8, 4) is 0 Å². The summed E-state index contributed by atoms with van der Waals surface area (Å²) in [6.07, 6.45) is -4.84. The van der Waals surface area contributed by atoms with Crippen LogP contribution in [0.1, 0.15) is 27.0 Å². The van der Waals surface area contributed by atoms with Gasteiger partial charge < -0.3 is 4.90 Å². The van der Waals surface area contributed by atoms with E-state index in [2.05, 4.69) is 17.0 Å². The number of amides is 1. The molecule has 2 aromatic rings. The maximum absolute atomic E-state index is 13.9. The van der Waals surface area contributed by atoms with Crippen molar-refractivity contribution in [3.05, 3.63) is 70.5 Å². The van der Waals surface area contributed by atoms with Gasteiger partial charge in [0.2, 0.25) is 0 Å². The number of rotatable bonds is 4. The molecule has 0 radical (unpaired) electrons. The summed E-state index contributed by atoms with van der Waals surface area (Å²) in [7, 11) is 0. The van der Waals surface area contributed by atoms with Gasteiger partial charge in [0.15, 0.2) is 5.78 Å². The number of Topliss-reactive ketones (excluding diaryl/α,β-unsaturated/α-hetero) is 1. The van der Waals surface area contributed by atoms with Crippen LogP contribution in [0.15, 0.2) is 30.3 Å². The Balaban J connectivity index is 1.34. The molecule has 0 unspecified atom stereocenters. The van der Waals surface area contributed by atoms with Gasteiger partial charge in [0, 0.05) is 50.4 Å². The predicted octanol–water partition coefficient (Wildman–Crippen LogP) is 2.96. The molecule has 0 bridgehead atoms. The van der Waals surface area contributed by atoms with E-state index >= 15 is 0 Å².